The van der Waals surface area contributed by atoms with Crippen molar-refractivity contribution in [2.24, 2.45) is 11.8 Å². The van der Waals surface area contributed by atoms with Gasteiger partial charge in [-0.3, -0.25) is 9.69 Å². The normalized spacial score (nSPS) is 21.5. The van der Waals surface area contributed by atoms with Crippen molar-refractivity contribution in [3.63, 3.8) is 0 Å². The van der Waals surface area contributed by atoms with Gasteiger partial charge >= 0.3 is 0 Å². The quantitative estimate of drug-likeness (QED) is 0.454. The number of thiazole rings is 2. The van der Waals surface area contributed by atoms with Crippen LogP contribution in [0.2, 0.25) is 0 Å². The molecule has 0 radical (unpaired) electrons. The number of ketones is 1. The maximum atomic E-state index is 12.5. The lowest BCUT2D eigenvalue weighted by Gasteiger charge is -2.31. The lowest BCUT2D eigenvalue weighted by Crippen LogP contribution is -2.32. The molecule has 0 atom stereocenters. The summed E-state index contributed by atoms with van der Waals surface area (Å²) < 4.78 is 0. The van der Waals surface area contributed by atoms with E-state index in [9.17, 15) is 4.79 Å². The van der Waals surface area contributed by atoms with Gasteiger partial charge in [-0.05, 0) is 64.8 Å². The average molecular weight is 475 g/mol. The Hall–Kier alpha value is -1.31. The van der Waals surface area contributed by atoms with Crippen molar-refractivity contribution < 1.29 is 4.79 Å². The molecule has 3 heterocycles. The van der Waals surface area contributed by atoms with E-state index in [2.05, 4.69) is 28.6 Å². The highest BCUT2D eigenvalue weighted by molar-refractivity contribution is 7.15. The number of aryl methyl sites for hydroxylation is 1. The molecule has 1 saturated carbocycles. The van der Waals surface area contributed by atoms with Crippen molar-refractivity contribution in [2.75, 3.05) is 31.1 Å². The molecule has 1 aliphatic carbocycles. The zero-order chi connectivity index (χ0) is 22.5. The summed E-state index contributed by atoms with van der Waals surface area (Å²) in [5.41, 5.74) is 1.32. The van der Waals surface area contributed by atoms with Crippen molar-refractivity contribution in [1.29, 1.82) is 0 Å². The van der Waals surface area contributed by atoms with Crippen LogP contribution in [0, 0.1) is 18.8 Å². The fourth-order valence-electron chi connectivity index (χ4n) is 5.22. The second-order valence-electron chi connectivity index (χ2n) is 9.51. The molecule has 0 bridgehead atoms. The number of hydrogen-bond donors (Lipinski definition) is 0. The monoisotopic (exact) mass is 474 g/mol. The maximum Gasteiger partial charge on any atom is 0.185 e. The van der Waals surface area contributed by atoms with E-state index >= 15 is 0 Å². The first kappa shape index (κ1) is 23.8. The van der Waals surface area contributed by atoms with Crippen LogP contribution in [0.5, 0.6) is 0 Å². The lowest BCUT2D eigenvalue weighted by molar-refractivity contribution is -0.119. The van der Waals surface area contributed by atoms with E-state index in [4.69, 9.17) is 4.98 Å². The Labute approximate surface area is 201 Å². The number of nitrogens with zero attached hydrogens (tertiary/aromatic N) is 4. The molecule has 0 spiro atoms. The van der Waals surface area contributed by atoms with Gasteiger partial charge in [-0.25, -0.2) is 9.97 Å². The van der Waals surface area contributed by atoms with Gasteiger partial charge in [-0.2, -0.15) is 0 Å². The van der Waals surface area contributed by atoms with Crippen LogP contribution in [0.4, 0.5) is 5.13 Å². The fraction of sp³-hybridized carbons (Fsp3) is 0.720. The smallest absolute Gasteiger partial charge is 0.185 e. The van der Waals surface area contributed by atoms with Crippen LogP contribution in [0.25, 0.3) is 0 Å². The highest BCUT2D eigenvalue weighted by atomic mass is 32.1. The molecule has 0 N–H and O–H groups in total. The van der Waals surface area contributed by atoms with Crippen molar-refractivity contribution in [3.8, 4) is 0 Å². The lowest BCUT2D eigenvalue weighted by atomic mass is 9.78. The number of hydrogen-bond acceptors (Lipinski definition) is 7. The first-order chi connectivity index (χ1) is 15.5. The van der Waals surface area contributed by atoms with Crippen LogP contribution in [-0.4, -0.2) is 46.8 Å². The maximum absolute atomic E-state index is 12.5. The molecule has 32 heavy (non-hydrogen) atoms. The van der Waals surface area contributed by atoms with E-state index in [1.165, 1.54) is 60.9 Å². The van der Waals surface area contributed by atoms with E-state index in [0.29, 0.717) is 18.1 Å². The molecule has 176 valence electrons. The van der Waals surface area contributed by atoms with Crippen LogP contribution in [-0.2, 0) is 24.2 Å². The molecular weight excluding hydrogens is 436 g/mol. The predicted molar refractivity (Wildman–Crippen MR) is 135 cm³/mol. The number of fused-ring (bicyclic) bond motifs is 1. The fourth-order valence-corrected chi connectivity index (χ4v) is 7.23. The van der Waals surface area contributed by atoms with Gasteiger partial charge in [0.2, 0.25) is 0 Å². The first-order valence-electron chi connectivity index (χ1n) is 12.4. The molecule has 1 fully saturated rings. The summed E-state index contributed by atoms with van der Waals surface area (Å²) in [5.74, 6) is 1.82. The third-order valence-corrected chi connectivity index (χ3v) is 9.34. The highest BCUT2D eigenvalue weighted by Gasteiger charge is 2.26. The van der Waals surface area contributed by atoms with Gasteiger partial charge in [0.25, 0.3) is 0 Å². The zero-order valence-electron chi connectivity index (χ0n) is 19.9. The summed E-state index contributed by atoms with van der Waals surface area (Å²) in [6, 6.07) is 0. The second-order valence-corrected chi connectivity index (χ2v) is 11.9. The van der Waals surface area contributed by atoms with Crippen LogP contribution in [0.1, 0.15) is 72.8 Å². The van der Waals surface area contributed by atoms with Gasteiger partial charge in [-0.1, -0.05) is 12.8 Å². The van der Waals surface area contributed by atoms with Gasteiger partial charge in [0, 0.05) is 55.0 Å². The molecule has 0 amide bonds. The van der Waals surface area contributed by atoms with Crippen LogP contribution in [0.15, 0.2) is 6.20 Å². The standard InChI is InChI=1S/C25H38N4OS2/c1-4-29(5-2)25-27-23-17-28(13-11-24(23)32-25)12-10-19-6-8-20(9-7-19)14-21(30)15-22-16-26-18(3)31-22/h16,19-20H,4-15,17H2,1-3H3. The summed E-state index contributed by atoms with van der Waals surface area (Å²) in [5, 5.41) is 2.26. The van der Waals surface area contributed by atoms with E-state index in [1.54, 1.807) is 11.3 Å². The van der Waals surface area contributed by atoms with Crippen LogP contribution < -0.4 is 4.90 Å². The number of aromatic nitrogens is 2. The molecule has 1 aliphatic heterocycles. The number of anilines is 1. The van der Waals surface area contributed by atoms with Crippen molar-refractivity contribution in [3.05, 3.63) is 26.7 Å². The van der Waals surface area contributed by atoms with Crippen molar-refractivity contribution >= 4 is 33.6 Å². The molecule has 2 aliphatic rings. The Morgan fingerprint density at radius 2 is 1.91 bits per heavy atom. The molecule has 0 unspecified atom stereocenters. The number of carbonyl (C=O) groups is 1. The minimum Gasteiger partial charge on any atom is -0.349 e. The zero-order valence-corrected chi connectivity index (χ0v) is 21.6. The molecule has 0 saturated heterocycles. The van der Waals surface area contributed by atoms with E-state index in [1.807, 2.05) is 24.5 Å². The van der Waals surface area contributed by atoms with E-state index in [-0.39, 0.29) is 0 Å². The van der Waals surface area contributed by atoms with Crippen molar-refractivity contribution in [2.45, 2.75) is 78.7 Å². The Kier molecular flexibility index (Phi) is 8.35. The molecule has 0 aromatic carbocycles. The molecule has 5 nitrogen and oxygen atoms in total. The summed E-state index contributed by atoms with van der Waals surface area (Å²) in [4.78, 5) is 29.3. The van der Waals surface area contributed by atoms with Crippen molar-refractivity contribution in [1.82, 2.24) is 14.9 Å². The Morgan fingerprint density at radius 3 is 2.59 bits per heavy atom. The highest BCUT2D eigenvalue weighted by Crippen LogP contribution is 2.34. The molecular formula is C25H38N4OS2. The van der Waals surface area contributed by atoms with E-state index in [0.717, 1.165) is 48.3 Å². The largest absolute Gasteiger partial charge is 0.349 e. The predicted octanol–water partition coefficient (Wildman–Crippen LogP) is 5.51. The number of carbonyl (C=O) groups excluding carboxylic acids is 1. The van der Waals surface area contributed by atoms with Gasteiger partial charge < -0.3 is 4.90 Å². The first-order valence-corrected chi connectivity index (χ1v) is 14.1. The minimum atomic E-state index is 0.397. The molecule has 4 rings (SSSR count). The molecule has 2 aromatic heterocycles. The minimum absolute atomic E-state index is 0.397. The molecule has 7 heteroatoms. The summed E-state index contributed by atoms with van der Waals surface area (Å²) in [7, 11) is 0. The van der Waals surface area contributed by atoms with Crippen LogP contribution >= 0.6 is 22.7 Å². The second kappa shape index (κ2) is 11.2. The SMILES string of the molecule is CCN(CC)c1nc2c(s1)CCN(CCC1CCC(CC(=O)Cc3cnc(C)s3)CC1)C2. The third kappa shape index (κ3) is 6.17. The number of rotatable bonds is 10. The van der Waals surface area contributed by atoms with E-state index < -0.39 is 0 Å². The number of Topliss-reactive ketones (excluding diaryl/α,β-unsaturated/α-hetero) is 1. The van der Waals surface area contributed by atoms with Gasteiger partial charge in [0.05, 0.1) is 10.7 Å². The molecule has 2 aromatic rings. The summed E-state index contributed by atoms with van der Waals surface area (Å²) >= 11 is 3.56. The Morgan fingerprint density at radius 1 is 1.16 bits per heavy atom. The Bertz CT molecular complexity index is 880. The topological polar surface area (TPSA) is 49.3 Å². The van der Waals surface area contributed by atoms with Gasteiger partial charge in [0.15, 0.2) is 5.13 Å². The van der Waals surface area contributed by atoms with Crippen LogP contribution in [0.3, 0.4) is 0 Å². The average Bonchev–Trinajstić information content (AvgIpc) is 3.39. The van der Waals surface area contributed by atoms with Gasteiger partial charge in [-0.15, -0.1) is 22.7 Å². The summed E-state index contributed by atoms with van der Waals surface area (Å²) in [6.07, 6.45) is 10.7. The van der Waals surface area contributed by atoms with Gasteiger partial charge in [0.1, 0.15) is 5.78 Å². The summed E-state index contributed by atoms with van der Waals surface area (Å²) in [6.45, 7) is 11.9. The Balaban J connectivity index is 1.17. The third-order valence-electron chi connectivity index (χ3n) is 7.21.